The van der Waals surface area contributed by atoms with Crippen molar-refractivity contribution in [2.24, 2.45) is 0 Å². The third-order valence-electron chi connectivity index (χ3n) is 8.11. The molecule has 1 unspecified atom stereocenters. The smallest absolute Gasteiger partial charge is 0.229 e. The van der Waals surface area contributed by atoms with Gasteiger partial charge in [0, 0.05) is 62.1 Å². The summed E-state index contributed by atoms with van der Waals surface area (Å²) in [4.78, 5) is 26.3. The Morgan fingerprint density at radius 3 is 2.50 bits per heavy atom. The number of likely N-dealkylation sites (N-methyl/N-ethyl adjacent to an activating group) is 1. The van der Waals surface area contributed by atoms with E-state index in [1.807, 2.05) is 24.5 Å². The second-order valence-corrected chi connectivity index (χ2v) is 10.8. The maximum atomic E-state index is 10.3. The van der Waals surface area contributed by atoms with Gasteiger partial charge >= 0.3 is 0 Å². The number of aliphatic hydroxyl groups is 1. The second-order valence-electron chi connectivity index (χ2n) is 10.8. The predicted octanol–water partition coefficient (Wildman–Crippen LogP) is 3.48. The van der Waals surface area contributed by atoms with Crippen molar-refractivity contribution in [2.75, 3.05) is 36.9 Å². The lowest BCUT2D eigenvalue weighted by molar-refractivity contribution is 0.0937. The van der Waals surface area contributed by atoms with Gasteiger partial charge in [-0.1, -0.05) is 6.07 Å². The topological polar surface area (TPSA) is 93.5 Å². The summed E-state index contributed by atoms with van der Waals surface area (Å²) >= 11 is 0. The lowest BCUT2D eigenvalue weighted by Crippen LogP contribution is -2.49. The van der Waals surface area contributed by atoms with Crippen molar-refractivity contribution in [1.82, 2.24) is 29.7 Å². The molecule has 0 aromatic carbocycles. The standard InChI is InChI=1S/C27H36N8O/c1-17-15-33(3)10-11-34(17)16-19-4-9-24(28-13-19)31-27-29-14-20-12-23(18(2)36)30-26(25(20)32-27)35-21-5-6-22(35)8-7-21/h4,9,12-14,17-18,21-22,36H,5-8,10-11,15-16H2,1-3H3,(H,28,29,31,32)/t17-,18?,21?,22?/m0/s1. The number of anilines is 3. The predicted molar refractivity (Wildman–Crippen MR) is 141 cm³/mol. The van der Waals surface area contributed by atoms with Gasteiger partial charge < -0.3 is 20.2 Å². The van der Waals surface area contributed by atoms with E-state index in [1.54, 1.807) is 6.92 Å². The average molecular weight is 489 g/mol. The van der Waals surface area contributed by atoms with Crippen molar-refractivity contribution in [2.45, 2.75) is 70.3 Å². The monoisotopic (exact) mass is 488 g/mol. The summed E-state index contributed by atoms with van der Waals surface area (Å²) < 4.78 is 0. The lowest BCUT2D eigenvalue weighted by Gasteiger charge is -2.38. The van der Waals surface area contributed by atoms with E-state index in [2.05, 4.69) is 50.0 Å². The number of hydrogen-bond acceptors (Lipinski definition) is 9. The van der Waals surface area contributed by atoms with E-state index in [4.69, 9.17) is 9.97 Å². The Morgan fingerprint density at radius 1 is 1.06 bits per heavy atom. The summed E-state index contributed by atoms with van der Waals surface area (Å²) in [6.07, 6.45) is 7.93. The normalized spacial score (nSPS) is 25.6. The van der Waals surface area contributed by atoms with Gasteiger partial charge in [0.25, 0.3) is 0 Å². The number of aromatic nitrogens is 4. The first-order valence-corrected chi connectivity index (χ1v) is 13.2. The number of nitrogens with one attached hydrogen (secondary N) is 1. The molecule has 3 aromatic heterocycles. The van der Waals surface area contributed by atoms with Gasteiger partial charge in [-0.2, -0.15) is 0 Å². The van der Waals surface area contributed by atoms with E-state index in [0.717, 1.165) is 48.7 Å². The third-order valence-corrected chi connectivity index (χ3v) is 8.11. The first-order chi connectivity index (χ1) is 17.4. The first kappa shape index (κ1) is 23.5. The zero-order valence-electron chi connectivity index (χ0n) is 21.4. The maximum Gasteiger partial charge on any atom is 0.229 e. The fourth-order valence-corrected chi connectivity index (χ4v) is 6.11. The van der Waals surface area contributed by atoms with Gasteiger partial charge in [0.15, 0.2) is 5.82 Å². The lowest BCUT2D eigenvalue weighted by atomic mass is 10.0. The van der Waals surface area contributed by atoms with E-state index in [-0.39, 0.29) is 0 Å². The van der Waals surface area contributed by atoms with Gasteiger partial charge in [-0.25, -0.2) is 19.9 Å². The molecule has 9 nitrogen and oxygen atoms in total. The summed E-state index contributed by atoms with van der Waals surface area (Å²) in [5, 5.41) is 14.4. The van der Waals surface area contributed by atoms with Crippen LogP contribution in [0.4, 0.5) is 17.6 Å². The molecule has 0 radical (unpaired) electrons. The Kier molecular flexibility index (Phi) is 6.23. The van der Waals surface area contributed by atoms with Gasteiger partial charge in [0.1, 0.15) is 11.3 Å². The van der Waals surface area contributed by atoms with E-state index < -0.39 is 6.10 Å². The highest BCUT2D eigenvalue weighted by molar-refractivity contribution is 5.90. The summed E-state index contributed by atoms with van der Waals surface area (Å²) in [6.45, 7) is 8.23. The molecule has 6 rings (SSSR count). The highest BCUT2D eigenvalue weighted by Gasteiger charge is 2.41. The van der Waals surface area contributed by atoms with E-state index >= 15 is 0 Å². The zero-order valence-corrected chi connectivity index (χ0v) is 21.4. The summed E-state index contributed by atoms with van der Waals surface area (Å²) in [7, 11) is 2.19. The highest BCUT2D eigenvalue weighted by atomic mass is 16.3. The summed E-state index contributed by atoms with van der Waals surface area (Å²) in [6, 6.07) is 7.59. The molecule has 0 spiro atoms. The number of fused-ring (bicyclic) bond motifs is 3. The molecule has 0 saturated carbocycles. The van der Waals surface area contributed by atoms with Crippen LogP contribution in [0.1, 0.15) is 56.9 Å². The van der Waals surface area contributed by atoms with Crippen LogP contribution in [0.2, 0.25) is 0 Å². The molecule has 3 aliphatic heterocycles. The Bertz CT molecular complexity index is 1210. The van der Waals surface area contributed by atoms with Crippen molar-refractivity contribution in [3.05, 3.63) is 41.9 Å². The number of hydrogen-bond donors (Lipinski definition) is 2. The SMILES string of the molecule is CC(O)c1cc2cnc(Nc3ccc(CN4CCN(C)C[C@@H]4C)cn3)nc2c(N2C3CCC2CC3)n1. The van der Waals surface area contributed by atoms with Crippen LogP contribution in [0.3, 0.4) is 0 Å². The Labute approximate surface area is 212 Å². The quantitative estimate of drug-likeness (QED) is 0.541. The zero-order chi connectivity index (χ0) is 24.8. The molecule has 2 bridgehead atoms. The summed E-state index contributed by atoms with van der Waals surface area (Å²) in [5.74, 6) is 2.11. The maximum absolute atomic E-state index is 10.3. The summed E-state index contributed by atoms with van der Waals surface area (Å²) in [5.41, 5.74) is 2.70. The van der Waals surface area contributed by atoms with Gasteiger partial charge in [-0.3, -0.25) is 4.90 Å². The van der Waals surface area contributed by atoms with Gasteiger partial charge in [0.05, 0.1) is 11.8 Å². The van der Waals surface area contributed by atoms with Crippen LogP contribution >= 0.6 is 0 Å². The van der Waals surface area contributed by atoms with Crippen LogP contribution in [0.25, 0.3) is 10.9 Å². The molecule has 190 valence electrons. The Balaban J connectivity index is 1.24. The Hall–Kier alpha value is -2.88. The molecule has 2 atom stereocenters. The van der Waals surface area contributed by atoms with Crippen LogP contribution in [0.15, 0.2) is 30.6 Å². The minimum Gasteiger partial charge on any atom is -0.387 e. The fraction of sp³-hybridized carbons (Fsp3) is 0.556. The molecular formula is C27H36N8O. The van der Waals surface area contributed by atoms with Crippen molar-refractivity contribution < 1.29 is 5.11 Å². The average Bonchev–Trinajstić information content (AvgIpc) is 3.47. The molecule has 2 N–H and O–H groups in total. The molecule has 0 amide bonds. The molecule has 6 heterocycles. The molecule has 36 heavy (non-hydrogen) atoms. The van der Waals surface area contributed by atoms with Crippen LogP contribution < -0.4 is 10.2 Å². The van der Waals surface area contributed by atoms with Crippen molar-refractivity contribution in [3.63, 3.8) is 0 Å². The van der Waals surface area contributed by atoms with E-state index in [1.165, 1.54) is 31.2 Å². The molecular weight excluding hydrogens is 452 g/mol. The van der Waals surface area contributed by atoms with Gasteiger partial charge in [0.2, 0.25) is 5.95 Å². The van der Waals surface area contributed by atoms with Crippen LogP contribution in [0, 0.1) is 0 Å². The van der Waals surface area contributed by atoms with Crippen LogP contribution in [-0.2, 0) is 6.54 Å². The highest BCUT2D eigenvalue weighted by Crippen LogP contribution is 2.42. The van der Waals surface area contributed by atoms with Crippen molar-refractivity contribution in [1.29, 1.82) is 0 Å². The van der Waals surface area contributed by atoms with E-state index in [9.17, 15) is 5.11 Å². The molecule has 3 fully saturated rings. The fourth-order valence-electron chi connectivity index (χ4n) is 6.11. The van der Waals surface area contributed by atoms with Crippen LogP contribution in [0.5, 0.6) is 0 Å². The number of pyridine rings is 2. The second kappa shape index (κ2) is 9.53. The number of piperazine rings is 1. The third kappa shape index (κ3) is 4.51. The molecule has 3 aromatic rings. The first-order valence-electron chi connectivity index (χ1n) is 13.2. The number of aliphatic hydroxyl groups excluding tert-OH is 1. The van der Waals surface area contributed by atoms with Crippen molar-refractivity contribution in [3.8, 4) is 0 Å². The van der Waals surface area contributed by atoms with Crippen molar-refractivity contribution >= 4 is 28.5 Å². The molecule has 0 aliphatic carbocycles. The minimum atomic E-state index is -0.636. The largest absolute Gasteiger partial charge is 0.387 e. The molecule has 3 aliphatic rings. The van der Waals surface area contributed by atoms with Gasteiger partial charge in [-0.15, -0.1) is 0 Å². The number of rotatable bonds is 6. The molecule has 9 heteroatoms. The minimum absolute atomic E-state index is 0.509. The Morgan fingerprint density at radius 2 is 1.83 bits per heavy atom. The van der Waals surface area contributed by atoms with Gasteiger partial charge in [-0.05, 0) is 64.3 Å². The van der Waals surface area contributed by atoms with E-state index in [0.29, 0.717) is 29.8 Å². The molecule has 3 saturated heterocycles. The van der Waals surface area contributed by atoms with Crippen LogP contribution in [-0.4, -0.2) is 79.6 Å². The number of nitrogens with zero attached hydrogens (tertiary/aromatic N) is 7.